The van der Waals surface area contributed by atoms with Gasteiger partial charge in [-0.25, -0.2) is 9.59 Å². The van der Waals surface area contributed by atoms with Crippen molar-refractivity contribution in [2.75, 3.05) is 26.3 Å². The average molecular weight is 468 g/mol. The standard InChI is InChI=1S/C22H34N3O6P/c1-6-29-32(28,30-7-2)15-25-19-14-17(8-9-18(19)23-20(25)26)16-10-12-24(13-11-16)21(27)31-22(3,4)5/h8-9,14,16H,6-7,10-13,15H2,1-5H3,(H,23,26). The summed E-state index contributed by atoms with van der Waals surface area (Å²) in [4.78, 5) is 29.4. The second-order valence-electron chi connectivity index (χ2n) is 8.96. The van der Waals surface area contributed by atoms with E-state index in [9.17, 15) is 14.2 Å². The van der Waals surface area contributed by atoms with Crippen molar-refractivity contribution in [3.05, 3.63) is 34.2 Å². The van der Waals surface area contributed by atoms with E-state index in [0.717, 1.165) is 18.4 Å². The lowest BCUT2D eigenvalue weighted by molar-refractivity contribution is 0.0205. The summed E-state index contributed by atoms with van der Waals surface area (Å²) in [7, 11) is -3.44. The van der Waals surface area contributed by atoms with E-state index in [1.165, 1.54) is 4.57 Å². The summed E-state index contributed by atoms with van der Waals surface area (Å²) in [5, 5.41) is 0. The molecule has 3 rings (SSSR count). The smallest absolute Gasteiger partial charge is 0.410 e. The van der Waals surface area contributed by atoms with Crippen molar-refractivity contribution >= 4 is 24.7 Å². The van der Waals surface area contributed by atoms with Crippen molar-refractivity contribution in [3.8, 4) is 0 Å². The first-order chi connectivity index (χ1) is 15.0. The minimum Gasteiger partial charge on any atom is -0.444 e. The number of aromatic nitrogens is 2. The molecular weight excluding hydrogens is 433 g/mol. The molecule has 2 aromatic rings. The van der Waals surface area contributed by atoms with Gasteiger partial charge >= 0.3 is 19.4 Å². The molecular formula is C22H34N3O6P. The average Bonchev–Trinajstić information content (AvgIpc) is 3.01. The summed E-state index contributed by atoms with van der Waals surface area (Å²) in [5.74, 6) is 0.252. The third-order valence-corrected chi connectivity index (χ3v) is 7.32. The van der Waals surface area contributed by atoms with E-state index in [1.807, 2.05) is 39.0 Å². The van der Waals surface area contributed by atoms with Crippen molar-refractivity contribution in [2.45, 2.75) is 65.3 Å². The molecule has 178 valence electrons. The number of aromatic amines is 1. The van der Waals surface area contributed by atoms with Crippen LogP contribution in [0.3, 0.4) is 0 Å². The summed E-state index contributed by atoms with van der Waals surface area (Å²) in [6.45, 7) is 10.8. The van der Waals surface area contributed by atoms with E-state index in [-0.39, 0.29) is 37.2 Å². The molecule has 0 aliphatic carbocycles. The molecule has 1 saturated heterocycles. The molecule has 0 radical (unpaired) electrons. The van der Waals surface area contributed by atoms with Crippen LogP contribution in [0.4, 0.5) is 4.79 Å². The van der Waals surface area contributed by atoms with Crippen LogP contribution in [-0.2, 0) is 24.6 Å². The zero-order valence-corrected chi connectivity index (χ0v) is 20.4. The van der Waals surface area contributed by atoms with Gasteiger partial charge in [0.05, 0.1) is 24.2 Å². The maximum Gasteiger partial charge on any atom is 0.410 e. The van der Waals surface area contributed by atoms with Crippen LogP contribution >= 0.6 is 7.60 Å². The molecule has 1 aromatic heterocycles. The lowest BCUT2D eigenvalue weighted by Crippen LogP contribution is -2.41. The van der Waals surface area contributed by atoms with E-state index < -0.39 is 13.2 Å². The monoisotopic (exact) mass is 467 g/mol. The summed E-state index contributed by atoms with van der Waals surface area (Å²) in [6, 6.07) is 5.83. The predicted molar refractivity (Wildman–Crippen MR) is 123 cm³/mol. The normalized spacial score (nSPS) is 16.0. The zero-order chi connectivity index (χ0) is 23.5. The number of ether oxygens (including phenoxy) is 1. The van der Waals surface area contributed by atoms with Gasteiger partial charge in [0.15, 0.2) is 0 Å². The summed E-state index contributed by atoms with van der Waals surface area (Å²) < 4.78 is 30.6. The molecule has 0 unspecified atom stereocenters. The summed E-state index contributed by atoms with van der Waals surface area (Å²) >= 11 is 0. The van der Waals surface area contributed by atoms with Crippen LogP contribution in [0.5, 0.6) is 0 Å². The maximum atomic E-state index is 13.0. The van der Waals surface area contributed by atoms with E-state index in [0.29, 0.717) is 24.1 Å². The maximum absolute atomic E-state index is 13.0. The fourth-order valence-electron chi connectivity index (χ4n) is 3.97. The number of rotatable bonds is 7. The predicted octanol–water partition coefficient (Wildman–Crippen LogP) is 4.67. The molecule has 0 bridgehead atoms. The second kappa shape index (κ2) is 9.81. The largest absolute Gasteiger partial charge is 0.444 e. The van der Waals surface area contributed by atoms with E-state index in [2.05, 4.69) is 4.98 Å². The van der Waals surface area contributed by atoms with Crippen molar-refractivity contribution in [1.82, 2.24) is 14.5 Å². The molecule has 1 N–H and O–H groups in total. The zero-order valence-electron chi connectivity index (χ0n) is 19.6. The molecule has 0 atom stereocenters. The highest BCUT2D eigenvalue weighted by Crippen LogP contribution is 2.49. The van der Waals surface area contributed by atoms with Gasteiger partial charge < -0.3 is 23.7 Å². The van der Waals surface area contributed by atoms with E-state index in [4.69, 9.17) is 13.8 Å². The summed E-state index contributed by atoms with van der Waals surface area (Å²) in [6.07, 6.45) is 1.17. The van der Waals surface area contributed by atoms with Crippen molar-refractivity contribution in [1.29, 1.82) is 0 Å². The quantitative estimate of drug-likeness (QED) is 0.594. The first kappa shape index (κ1) is 24.6. The van der Waals surface area contributed by atoms with Crippen LogP contribution < -0.4 is 5.69 Å². The Labute approximate surface area is 188 Å². The Kier molecular flexibility index (Phi) is 7.53. The number of carbonyl (C=O) groups excluding carboxylic acids is 1. The number of hydrogen-bond donors (Lipinski definition) is 1. The van der Waals surface area contributed by atoms with Gasteiger partial charge in [0.2, 0.25) is 0 Å². The van der Waals surface area contributed by atoms with Crippen LogP contribution in [0.1, 0.15) is 58.9 Å². The van der Waals surface area contributed by atoms with Gasteiger partial charge in [-0.05, 0) is 71.1 Å². The SMILES string of the molecule is CCOP(=O)(Cn1c(=O)[nH]c2ccc(C3CCN(C(=O)OC(C)(C)C)CC3)cc21)OCC. The second-order valence-corrected chi connectivity index (χ2v) is 11.0. The van der Waals surface area contributed by atoms with Crippen LogP contribution in [0.15, 0.2) is 23.0 Å². The Bertz CT molecular complexity index is 1040. The number of hydrogen-bond acceptors (Lipinski definition) is 6. The van der Waals surface area contributed by atoms with Crippen LogP contribution in [0, 0.1) is 0 Å². The fourth-order valence-corrected chi connectivity index (χ4v) is 5.62. The highest BCUT2D eigenvalue weighted by atomic mass is 31.2. The number of nitrogens with zero attached hydrogens (tertiary/aromatic N) is 2. The Hall–Kier alpha value is -2.09. The lowest BCUT2D eigenvalue weighted by atomic mass is 9.89. The van der Waals surface area contributed by atoms with Gasteiger partial charge in [-0.1, -0.05) is 6.07 Å². The first-order valence-corrected chi connectivity index (χ1v) is 12.9. The number of carbonyl (C=O) groups is 1. The Morgan fingerprint density at radius 3 is 2.34 bits per heavy atom. The Morgan fingerprint density at radius 1 is 1.16 bits per heavy atom. The molecule has 0 saturated carbocycles. The van der Waals surface area contributed by atoms with Gasteiger partial charge in [0, 0.05) is 13.1 Å². The van der Waals surface area contributed by atoms with Gasteiger partial charge in [-0.15, -0.1) is 0 Å². The molecule has 1 fully saturated rings. The molecule has 9 nitrogen and oxygen atoms in total. The molecule has 1 aliphatic heterocycles. The topological polar surface area (TPSA) is 103 Å². The van der Waals surface area contributed by atoms with Crippen LogP contribution in [-0.4, -0.2) is 52.4 Å². The number of fused-ring (bicyclic) bond motifs is 1. The molecule has 2 heterocycles. The van der Waals surface area contributed by atoms with E-state index >= 15 is 0 Å². The summed E-state index contributed by atoms with van der Waals surface area (Å²) in [5.41, 5.74) is 1.55. The molecule has 1 amide bonds. The lowest BCUT2D eigenvalue weighted by Gasteiger charge is -2.33. The molecule has 10 heteroatoms. The van der Waals surface area contributed by atoms with Gasteiger partial charge in [0.25, 0.3) is 0 Å². The third kappa shape index (κ3) is 5.82. The van der Waals surface area contributed by atoms with Crippen molar-refractivity contribution in [2.24, 2.45) is 0 Å². The molecule has 32 heavy (non-hydrogen) atoms. The van der Waals surface area contributed by atoms with Gasteiger partial charge in [0.1, 0.15) is 11.9 Å². The van der Waals surface area contributed by atoms with Gasteiger partial charge in [-0.2, -0.15) is 0 Å². The van der Waals surface area contributed by atoms with E-state index in [1.54, 1.807) is 18.7 Å². The number of amides is 1. The van der Waals surface area contributed by atoms with Crippen LogP contribution in [0.2, 0.25) is 0 Å². The highest BCUT2D eigenvalue weighted by Gasteiger charge is 2.29. The Balaban J connectivity index is 1.79. The number of piperidine rings is 1. The third-order valence-electron chi connectivity index (χ3n) is 5.38. The van der Waals surface area contributed by atoms with Crippen LogP contribution in [0.25, 0.3) is 11.0 Å². The minimum atomic E-state index is -3.44. The molecule has 1 aliphatic rings. The first-order valence-electron chi connectivity index (χ1n) is 11.1. The number of H-pyrrole nitrogens is 1. The van der Waals surface area contributed by atoms with Crippen molar-refractivity contribution < 1.29 is 23.1 Å². The van der Waals surface area contributed by atoms with Gasteiger partial charge in [-0.3, -0.25) is 9.13 Å². The molecule has 0 spiro atoms. The highest BCUT2D eigenvalue weighted by molar-refractivity contribution is 7.52. The van der Waals surface area contributed by atoms with Crippen molar-refractivity contribution in [3.63, 3.8) is 0 Å². The number of benzene rings is 1. The molecule has 1 aromatic carbocycles. The Morgan fingerprint density at radius 2 is 1.78 bits per heavy atom. The fraction of sp³-hybridized carbons (Fsp3) is 0.636. The number of nitrogens with one attached hydrogen (secondary N) is 1. The number of likely N-dealkylation sites (tertiary alicyclic amines) is 1. The number of imidazole rings is 1. The minimum absolute atomic E-state index is 0.145.